The maximum absolute atomic E-state index is 6.18. The van der Waals surface area contributed by atoms with Gasteiger partial charge >= 0.3 is 0 Å². The number of thiophene rings is 1. The Morgan fingerprint density at radius 3 is 2.79 bits per heavy atom. The van der Waals surface area contributed by atoms with E-state index in [9.17, 15) is 0 Å². The van der Waals surface area contributed by atoms with Crippen molar-refractivity contribution in [2.45, 2.75) is 12.5 Å². The molecule has 102 valence electrons. The number of halogens is 2. The van der Waals surface area contributed by atoms with Gasteiger partial charge in [-0.15, -0.1) is 11.3 Å². The summed E-state index contributed by atoms with van der Waals surface area (Å²) < 4.78 is 5.32. The molecule has 0 bridgehead atoms. The molecule has 1 heterocycles. The van der Waals surface area contributed by atoms with Crippen molar-refractivity contribution in [3.63, 3.8) is 0 Å². The van der Waals surface area contributed by atoms with Crippen LogP contribution in [0.4, 0.5) is 0 Å². The van der Waals surface area contributed by atoms with E-state index in [0.717, 1.165) is 16.2 Å². The van der Waals surface area contributed by atoms with Crippen molar-refractivity contribution in [1.29, 1.82) is 0 Å². The third-order valence-corrected chi connectivity index (χ3v) is 4.43. The maximum atomic E-state index is 6.18. The first-order chi connectivity index (χ1) is 9.15. The molecule has 0 radical (unpaired) electrons. The van der Waals surface area contributed by atoms with Gasteiger partial charge in [0.05, 0.1) is 18.0 Å². The van der Waals surface area contributed by atoms with E-state index in [0.29, 0.717) is 16.5 Å². The molecule has 0 aliphatic rings. The van der Waals surface area contributed by atoms with Gasteiger partial charge in [0.15, 0.2) is 0 Å². The Labute approximate surface area is 126 Å². The highest BCUT2D eigenvalue weighted by molar-refractivity contribution is 7.10. The second kappa shape index (κ2) is 6.59. The lowest BCUT2D eigenvalue weighted by Gasteiger charge is -2.17. The molecule has 6 heteroatoms. The minimum Gasteiger partial charge on any atom is -0.496 e. The van der Waals surface area contributed by atoms with E-state index in [1.165, 1.54) is 0 Å². The third kappa shape index (κ3) is 3.41. The van der Waals surface area contributed by atoms with Gasteiger partial charge in [-0.05, 0) is 35.6 Å². The number of ether oxygens (including phenoxy) is 1. The molecule has 3 N–H and O–H groups in total. The van der Waals surface area contributed by atoms with E-state index in [4.69, 9.17) is 33.8 Å². The molecule has 19 heavy (non-hydrogen) atoms. The molecule has 0 aliphatic carbocycles. The van der Waals surface area contributed by atoms with Crippen molar-refractivity contribution in [2.75, 3.05) is 7.11 Å². The number of methoxy groups -OCH3 is 1. The Hall–Kier alpha value is -0.780. The third-order valence-electron chi connectivity index (χ3n) is 2.83. The Kier molecular flexibility index (Phi) is 5.07. The predicted molar refractivity (Wildman–Crippen MR) is 81.1 cm³/mol. The van der Waals surface area contributed by atoms with Crippen molar-refractivity contribution < 1.29 is 4.74 Å². The number of nitrogens with one attached hydrogen (secondary N) is 1. The zero-order valence-corrected chi connectivity index (χ0v) is 12.6. The highest BCUT2D eigenvalue weighted by Gasteiger charge is 2.18. The lowest BCUT2D eigenvalue weighted by molar-refractivity contribution is 0.403. The van der Waals surface area contributed by atoms with Crippen LogP contribution in [0.25, 0.3) is 0 Å². The largest absolute Gasteiger partial charge is 0.496 e. The smallest absolute Gasteiger partial charge is 0.134 e. The molecule has 2 rings (SSSR count). The van der Waals surface area contributed by atoms with Crippen LogP contribution in [-0.2, 0) is 6.42 Å². The summed E-state index contributed by atoms with van der Waals surface area (Å²) in [7, 11) is 1.65. The number of nitrogens with two attached hydrogens (primary N) is 1. The van der Waals surface area contributed by atoms with Crippen LogP contribution < -0.4 is 16.0 Å². The van der Waals surface area contributed by atoms with Crippen molar-refractivity contribution in [3.05, 3.63) is 50.1 Å². The first kappa shape index (κ1) is 14.6. The minimum atomic E-state index is -0.0476. The molecular formula is C13H14Cl2N2OS. The second-order valence-electron chi connectivity index (χ2n) is 4.01. The standard InChI is InChI=1S/C13H14Cl2N2OS/c1-18-12-4-5-19-13(12)11(17-16)6-8-2-3-9(14)7-10(8)15/h2-5,7,11,17H,6,16H2,1H3. The van der Waals surface area contributed by atoms with E-state index in [1.807, 2.05) is 23.6 Å². The van der Waals surface area contributed by atoms with Crippen LogP contribution >= 0.6 is 34.5 Å². The highest BCUT2D eigenvalue weighted by atomic mass is 35.5. The van der Waals surface area contributed by atoms with Crippen molar-refractivity contribution >= 4 is 34.5 Å². The van der Waals surface area contributed by atoms with Gasteiger partial charge < -0.3 is 4.74 Å². The fourth-order valence-corrected chi connectivity index (χ4v) is 3.27. The first-order valence-corrected chi connectivity index (χ1v) is 7.30. The fraction of sp³-hybridized carbons (Fsp3) is 0.231. The lowest BCUT2D eigenvalue weighted by Crippen LogP contribution is -2.29. The molecule has 1 atom stereocenters. The van der Waals surface area contributed by atoms with E-state index < -0.39 is 0 Å². The van der Waals surface area contributed by atoms with E-state index in [-0.39, 0.29) is 6.04 Å². The summed E-state index contributed by atoms with van der Waals surface area (Å²) in [6.45, 7) is 0. The van der Waals surface area contributed by atoms with Gasteiger partial charge in [0, 0.05) is 10.0 Å². The summed E-state index contributed by atoms with van der Waals surface area (Å²) in [6.07, 6.45) is 0.670. The van der Waals surface area contributed by atoms with Gasteiger partial charge in [-0.2, -0.15) is 0 Å². The number of rotatable bonds is 5. The topological polar surface area (TPSA) is 47.3 Å². The molecule has 0 fully saturated rings. The molecule has 2 aromatic rings. The summed E-state index contributed by atoms with van der Waals surface area (Å²) in [5, 5.41) is 3.24. The second-order valence-corrected chi connectivity index (χ2v) is 5.80. The van der Waals surface area contributed by atoms with Gasteiger partial charge in [0.25, 0.3) is 0 Å². The monoisotopic (exact) mass is 316 g/mol. The summed E-state index contributed by atoms with van der Waals surface area (Å²) >= 11 is 13.7. The molecule has 0 aliphatic heterocycles. The zero-order valence-electron chi connectivity index (χ0n) is 10.3. The molecule has 1 aromatic carbocycles. The zero-order chi connectivity index (χ0) is 13.8. The Bertz CT molecular complexity index is 559. The SMILES string of the molecule is COc1ccsc1C(Cc1ccc(Cl)cc1Cl)NN. The van der Waals surface area contributed by atoms with Crippen molar-refractivity contribution in [2.24, 2.45) is 5.84 Å². The molecule has 0 amide bonds. The van der Waals surface area contributed by atoms with Crippen LogP contribution in [0.3, 0.4) is 0 Å². The average molecular weight is 317 g/mol. The van der Waals surface area contributed by atoms with Crippen molar-refractivity contribution in [3.8, 4) is 5.75 Å². The predicted octanol–water partition coefficient (Wildman–Crippen LogP) is 3.81. The average Bonchev–Trinajstić information content (AvgIpc) is 2.86. The van der Waals surface area contributed by atoms with Gasteiger partial charge in [0.1, 0.15) is 5.75 Å². The lowest BCUT2D eigenvalue weighted by atomic mass is 10.0. The van der Waals surface area contributed by atoms with Crippen molar-refractivity contribution in [1.82, 2.24) is 5.43 Å². The van der Waals surface area contributed by atoms with Gasteiger partial charge in [-0.25, -0.2) is 0 Å². The quantitative estimate of drug-likeness (QED) is 0.651. The molecule has 1 aromatic heterocycles. The summed E-state index contributed by atoms with van der Waals surface area (Å²) in [5.74, 6) is 6.48. The number of hydrogen-bond acceptors (Lipinski definition) is 4. The Morgan fingerprint density at radius 1 is 1.37 bits per heavy atom. The summed E-state index contributed by atoms with van der Waals surface area (Å²) in [5.41, 5.74) is 3.80. The van der Waals surface area contributed by atoms with Crippen LogP contribution in [0.2, 0.25) is 10.0 Å². The highest BCUT2D eigenvalue weighted by Crippen LogP contribution is 2.34. The van der Waals surface area contributed by atoms with Gasteiger partial charge in [-0.3, -0.25) is 11.3 Å². The molecule has 0 saturated heterocycles. The van der Waals surface area contributed by atoms with Gasteiger partial charge in [0.2, 0.25) is 0 Å². The van der Waals surface area contributed by atoms with Gasteiger partial charge in [-0.1, -0.05) is 29.3 Å². The van der Waals surface area contributed by atoms with Crippen LogP contribution in [0.15, 0.2) is 29.6 Å². The Morgan fingerprint density at radius 2 is 2.16 bits per heavy atom. The molecular weight excluding hydrogens is 303 g/mol. The molecule has 0 spiro atoms. The maximum Gasteiger partial charge on any atom is 0.134 e. The number of hydrogen-bond donors (Lipinski definition) is 2. The van der Waals surface area contributed by atoms with E-state index in [1.54, 1.807) is 24.5 Å². The molecule has 1 unspecified atom stereocenters. The summed E-state index contributed by atoms with van der Waals surface area (Å²) in [6, 6.07) is 7.34. The van der Waals surface area contributed by atoms with Crippen LogP contribution in [0.5, 0.6) is 5.75 Å². The molecule has 3 nitrogen and oxygen atoms in total. The first-order valence-electron chi connectivity index (χ1n) is 5.67. The summed E-state index contributed by atoms with van der Waals surface area (Å²) in [4.78, 5) is 1.05. The van der Waals surface area contributed by atoms with E-state index in [2.05, 4.69) is 5.43 Å². The normalized spacial score (nSPS) is 12.4. The minimum absolute atomic E-state index is 0.0476. The Balaban J connectivity index is 2.24. The number of benzene rings is 1. The van der Waals surface area contributed by atoms with Crippen LogP contribution in [-0.4, -0.2) is 7.11 Å². The fourth-order valence-electron chi connectivity index (χ4n) is 1.87. The van der Waals surface area contributed by atoms with Crippen LogP contribution in [0, 0.1) is 0 Å². The molecule has 0 saturated carbocycles. The van der Waals surface area contributed by atoms with E-state index >= 15 is 0 Å². The number of hydrazine groups is 1. The van der Waals surface area contributed by atoms with Crippen LogP contribution in [0.1, 0.15) is 16.5 Å².